The number of aryl methyl sites for hydroxylation is 2. The van der Waals surface area contributed by atoms with E-state index < -0.39 is 22.2 Å². The molecule has 32 heavy (non-hydrogen) atoms. The molecule has 0 spiro atoms. The average molecular weight is 462 g/mol. The van der Waals surface area contributed by atoms with Crippen molar-refractivity contribution in [3.63, 3.8) is 0 Å². The lowest BCUT2D eigenvalue weighted by atomic mass is 10.2. The molecule has 1 atom stereocenters. The molecule has 0 fully saturated rings. The highest BCUT2D eigenvalue weighted by Gasteiger charge is 2.21. The van der Waals surface area contributed by atoms with Gasteiger partial charge >= 0.3 is 6.09 Å². The van der Waals surface area contributed by atoms with Gasteiger partial charge in [0.15, 0.2) is 11.5 Å². The van der Waals surface area contributed by atoms with Gasteiger partial charge in [-0.2, -0.15) is 0 Å². The van der Waals surface area contributed by atoms with Crippen LogP contribution in [-0.2, 0) is 21.8 Å². The minimum atomic E-state index is -3.45. The fourth-order valence-corrected chi connectivity index (χ4v) is 3.52. The molecule has 0 aromatic carbocycles. The normalized spacial score (nSPS) is 12.2. The lowest BCUT2D eigenvalue weighted by Gasteiger charge is -2.16. The van der Waals surface area contributed by atoms with Crippen molar-refractivity contribution in [2.75, 3.05) is 23.4 Å². The monoisotopic (exact) mass is 461 g/mol. The number of anilines is 2. The summed E-state index contributed by atoms with van der Waals surface area (Å²) >= 11 is 0. The second-order valence-electron chi connectivity index (χ2n) is 6.89. The molecule has 2 N–H and O–H groups in total. The summed E-state index contributed by atoms with van der Waals surface area (Å²) in [6, 6.07) is 6.60. The van der Waals surface area contributed by atoms with E-state index in [9.17, 15) is 13.2 Å². The summed E-state index contributed by atoms with van der Waals surface area (Å²) in [5.74, 6) is 0.620. The third-order valence-corrected chi connectivity index (χ3v) is 4.98. The topological polar surface area (TPSA) is 150 Å². The number of hydrogen-bond donors (Lipinski definition) is 2. The van der Waals surface area contributed by atoms with E-state index in [-0.39, 0.29) is 5.82 Å². The number of sulfonamides is 1. The summed E-state index contributed by atoms with van der Waals surface area (Å²) in [6.07, 6.45) is 1.26. The van der Waals surface area contributed by atoms with Gasteiger partial charge in [-0.05, 0) is 38.1 Å². The van der Waals surface area contributed by atoms with Crippen LogP contribution in [0.2, 0.25) is 0 Å². The van der Waals surface area contributed by atoms with Gasteiger partial charge in [0.05, 0.1) is 36.0 Å². The lowest BCUT2D eigenvalue weighted by molar-refractivity contribution is 0.119. The van der Waals surface area contributed by atoms with Crippen molar-refractivity contribution in [2.45, 2.75) is 20.0 Å². The Morgan fingerprint density at radius 3 is 2.66 bits per heavy atom. The van der Waals surface area contributed by atoms with Crippen LogP contribution in [0.5, 0.6) is 5.88 Å². The Bertz CT molecular complexity index is 1240. The Labute approximate surface area is 185 Å². The fourth-order valence-electron chi connectivity index (χ4n) is 2.90. The zero-order valence-electron chi connectivity index (χ0n) is 18.1. The number of pyridine rings is 2. The molecule has 0 aliphatic carbocycles. The highest BCUT2D eigenvalue weighted by Crippen LogP contribution is 2.28. The lowest BCUT2D eigenvalue weighted by Crippen LogP contribution is -2.19. The third-order valence-electron chi connectivity index (χ3n) is 4.39. The van der Waals surface area contributed by atoms with Crippen molar-refractivity contribution in [1.82, 2.24) is 25.0 Å². The van der Waals surface area contributed by atoms with Crippen LogP contribution in [-0.4, -0.2) is 52.8 Å². The maximum absolute atomic E-state index is 12.5. The van der Waals surface area contributed by atoms with Crippen molar-refractivity contribution in [2.24, 2.45) is 7.05 Å². The van der Waals surface area contributed by atoms with Crippen molar-refractivity contribution >= 4 is 27.6 Å². The van der Waals surface area contributed by atoms with Crippen LogP contribution in [0.15, 0.2) is 30.5 Å². The molecule has 3 heterocycles. The molecule has 1 amide bonds. The molecule has 0 bridgehead atoms. The first-order chi connectivity index (χ1) is 15.1. The first-order valence-corrected chi connectivity index (χ1v) is 11.3. The van der Waals surface area contributed by atoms with E-state index in [1.54, 1.807) is 51.4 Å². The first kappa shape index (κ1) is 22.9. The number of amides is 1. The van der Waals surface area contributed by atoms with Crippen molar-refractivity contribution < 1.29 is 22.7 Å². The number of aromatic nitrogens is 5. The summed E-state index contributed by atoms with van der Waals surface area (Å²) in [5.41, 5.74) is 2.08. The number of carbonyl (C=O) groups excluding carboxylic acids is 1. The van der Waals surface area contributed by atoms with Gasteiger partial charge in [0.1, 0.15) is 6.10 Å². The van der Waals surface area contributed by atoms with E-state index in [1.807, 2.05) is 0 Å². The quantitative estimate of drug-likeness (QED) is 0.540. The fraction of sp³-hybridized carbons (Fsp3) is 0.316. The van der Waals surface area contributed by atoms with Crippen LogP contribution in [0.1, 0.15) is 24.3 Å². The minimum Gasteiger partial charge on any atom is -0.481 e. The van der Waals surface area contributed by atoms with E-state index >= 15 is 0 Å². The molecule has 12 nitrogen and oxygen atoms in total. The zero-order valence-corrected chi connectivity index (χ0v) is 19.0. The summed E-state index contributed by atoms with van der Waals surface area (Å²) < 4.78 is 37.4. The van der Waals surface area contributed by atoms with Gasteiger partial charge < -0.3 is 9.47 Å². The Hall–Kier alpha value is -3.74. The molecule has 3 rings (SSSR count). The molecule has 0 saturated carbocycles. The van der Waals surface area contributed by atoms with Gasteiger partial charge in [-0.1, -0.05) is 5.21 Å². The van der Waals surface area contributed by atoms with Gasteiger partial charge in [-0.15, -0.1) is 5.10 Å². The second-order valence-corrected chi connectivity index (χ2v) is 8.64. The maximum Gasteiger partial charge on any atom is 0.413 e. The van der Waals surface area contributed by atoms with Crippen LogP contribution in [0.3, 0.4) is 0 Å². The van der Waals surface area contributed by atoms with Gasteiger partial charge in [0, 0.05) is 13.2 Å². The molecule has 170 valence electrons. The highest BCUT2D eigenvalue weighted by atomic mass is 32.2. The number of hydrogen-bond acceptors (Lipinski definition) is 9. The Morgan fingerprint density at radius 1 is 1.25 bits per heavy atom. The zero-order chi connectivity index (χ0) is 23.5. The molecular weight excluding hydrogens is 438 g/mol. The molecule has 0 unspecified atom stereocenters. The minimum absolute atomic E-state index is 0.260. The van der Waals surface area contributed by atoms with Crippen LogP contribution in [0.25, 0.3) is 11.4 Å². The Kier molecular flexibility index (Phi) is 6.58. The van der Waals surface area contributed by atoms with Crippen LogP contribution >= 0.6 is 0 Å². The molecule has 3 aromatic rings. The molecule has 0 saturated heterocycles. The number of carbonyl (C=O) groups is 1. The smallest absolute Gasteiger partial charge is 0.413 e. The van der Waals surface area contributed by atoms with Crippen molar-refractivity contribution in [3.05, 3.63) is 41.7 Å². The number of nitrogens with one attached hydrogen (secondary N) is 2. The predicted octanol–water partition coefficient (Wildman–Crippen LogP) is 2.27. The number of nitrogens with zero attached hydrogens (tertiary/aromatic N) is 5. The largest absolute Gasteiger partial charge is 0.481 e. The standard InChI is InChI=1S/C19H23N7O5S/c1-11-14(24-32(5,28)29)8-9-15(21-11)16-17(26(3)25-23-16)22-19(27)31-12(2)13-7-6-10-20-18(13)30-4/h6-10,12,24H,1-5H3,(H,22,27)/t12-/m1/s1. The number of rotatable bonds is 7. The number of methoxy groups -OCH3 is 1. The molecular formula is C19H23N7O5S. The van der Waals surface area contributed by atoms with Crippen molar-refractivity contribution in [3.8, 4) is 17.3 Å². The van der Waals surface area contributed by atoms with Crippen molar-refractivity contribution in [1.29, 1.82) is 0 Å². The summed E-state index contributed by atoms with van der Waals surface area (Å²) in [4.78, 5) is 21.0. The Morgan fingerprint density at radius 2 is 2.00 bits per heavy atom. The number of ether oxygens (including phenoxy) is 2. The first-order valence-electron chi connectivity index (χ1n) is 9.41. The van der Waals surface area contributed by atoms with E-state index in [2.05, 4.69) is 30.3 Å². The average Bonchev–Trinajstić information content (AvgIpc) is 3.08. The Balaban J connectivity index is 1.80. The van der Waals surface area contributed by atoms with Crippen LogP contribution in [0, 0.1) is 6.92 Å². The SMILES string of the molecule is COc1ncccc1[C@@H](C)OC(=O)Nc1c(-c2ccc(NS(C)(=O)=O)c(C)n2)nnn1C. The molecule has 3 aromatic heterocycles. The highest BCUT2D eigenvalue weighted by molar-refractivity contribution is 7.92. The van der Waals surface area contributed by atoms with Crippen LogP contribution in [0.4, 0.5) is 16.3 Å². The van der Waals surface area contributed by atoms with Gasteiger partial charge in [0.2, 0.25) is 15.9 Å². The second kappa shape index (κ2) is 9.18. The molecule has 13 heteroatoms. The maximum atomic E-state index is 12.5. The van der Waals surface area contributed by atoms with Crippen LogP contribution < -0.4 is 14.8 Å². The van der Waals surface area contributed by atoms with E-state index in [0.29, 0.717) is 34.2 Å². The van der Waals surface area contributed by atoms with E-state index in [0.717, 1.165) is 6.26 Å². The molecule has 0 aliphatic heterocycles. The summed E-state index contributed by atoms with van der Waals surface area (Å²) in [7, 11) is -0.358. The van der Waals surface area contributed by atoms with Gasteiger partial charge in [-0.25, -0.2) is 27.9 Å². The third kappa shape index (κ3) is 5.29. The van der Waals surface area contributed by atoms with E-state index in [1.165, 1.54) is 11.8 Å². The molecule has 0 aliphatic rings. The molecule has 0 radical (unpaired) electrons. The van der Waals surface area contributed by atoms with E-state index in [4.69, 9.17) is 9.47 Å². The van der Waals surface area contributed by atoms with Gasteiger partial charge in [-0.3, -0.25) is 10.0 Å². The van der Waals surface area contributed by atoms with Gasteiger partial charge in [0.25, 0.3) is 0 Å². The summed E-state index contributed by atoms with van der Waals surface area (Å²) in [5, 5.41) is 10.6. The summed E-state index contributed by atoms with van der Waals surface area (Å²) in [6.45, 7) is 3.34. The predicted molar refractivity (Wildman–Crippen MR) is 117 cm³/mol.